The molecular formula is C8H14N4O. The van der Waals surface area contributed by atoms with E-state index in [2.05, 4.69) is 29.0 Å². The lowest BCUT2D eigenvalue weighted by atomic mass is 10.1. The first-order valence-corrected chi connectivity index (χ1v) is 4.30. The molecular weight excluding hydrogens is 168 g/mol. The van der Waals surface area contributed by atoms with Crippen molar-refractivity contribution in [3.63, 3.8) is 0 Å². The van der Waals surface area contributed by atoms with E-state index in [0.717, 1.165) is 18.7 Å². The fraction of sp³-hybridized carbons (Fsp3) is 0.625. The van der Waals surface area contributed by atoms with Gasteiger partial charge in [0, 0.05) is 6.42 Å². The van der Waals surface area contributed by atoms with Crippen LogP contribution in [-0.2, 0) is 6.42 Å². The maximum atomic E-state index is 10.6. The van der Waals surface area contributed by atoms with E-state index in [-0.39, 0.29) is 5.82 Å². The van der Waals surface area contributed by atoms with E-state index in [1.54, 1.807) is 0 Å². The van der Waals surface area contributed by atoms with Crippen molar-refractivity contribution in [2.75, 3.05) is 0 Å². The first kappa shape index (κ1) is 9.70. The molecule has 1 rings (SSSR count). The molecule has 0 radical (unpaired) electrons. The molecule has 0 atom stereocenters. The number of aromatic nitrogens is 3. The number of amides is 1. The minimum Gasteiger partial charge on any atom is -0.363 e. The van der Waals surface area contributed by atoms with Crippen LogP contribution in [0.4, 0.5) is 0 Å². The van der Waals surface area contributed by atoms with Gasteiger partial charge < -0.3 is 5.73 Å². The SMILES string of the molecule is CC(C)CCc1nc(C(N)=O)n[nH]1. The van der Waals surface area contributed by atoms with Crippen LogP contribution < -0.4 is 5.73 Å². The minimum atomic E-state index is -0.591. The first-order chi connectivity index (χ1) is 6.09. The van der Waals surface area contributed by atoms with E-state index in [1.807, 2.05) is 0 Å². The molecule has 13 heavy (non-hydrogen) atoms. The van der Waals surface area contributed by atoms with Crippen LogP contribution in [0.5, 0.6) is 0 Å². The van der Waals surface area contributed by atoms with E-state index in [9.17, 15) is 4.79 Å². The largest absolute Gasteiger partial charge is 0.363 e. The highest BCUT2D eigenvalue weighted by atomic mass is 16.1. The fourth-order valence-corrected chi connectivity index (χ4v) is 0.943. The predicted octanol–water partition coefficient (Wildman–Crippen LogP) is 0.492. The number of aromatic amines is 1. The van der Waals surface area contributed by atoms with Crippen molar-refractivity contribution in [1.29, 1.82) is 0 Å². The molecule has 1 aromatic rings. The number of nitrogens with zero attached hydrogens (tertiary/aromatic N) is 2. The van der Waals surface area contributed by atoms with Gasteiger partial charge in [-0.3, -0.25) is 9.89 Å². The number of rotatable bonds is 4. The molecule has 0 fully saturated rings. The van der Waals surface area contributed by atoms with Gasteiger partial charge in [0.05, 0.1) is 0 Å². The average molecular weight is 182 g/mol. The predicted molar refractivity (Wildman–Crippen MR) is 48.1 cm³/mol. The molecule has 0 aliphatic rings. The summed E-state index contributed by atoms with van der Waals surface area (Å²) in [5.41, 5.74) is 5.00. The summed E-state index contributed by atoms with van der Waals surface area (Å²) < 4.78 is 0. The molecule has 0 aliphatic heterocycles. The second-order valence-electron chi connectivity index (χ2n) is 3.40. The van der Waals surface area contributed by atoms with Crippen molar-refractivity contribution in [2.24, 2.45) is 11.7 Å². The molecule has 0 bridgehead atoms. The fourth-order valence-electron chi connectivity index (χ4n) is 0.943. The summed E-state index contributed by atoms with van der Waals surface area (Å²) in [6.45, 7) is 4.26. The number of primary amides is 1. The maximum absolute atomic E-state index is 10.6. The summed E-state index contributed by atoms with van der Waals surface area (Å²) in [5, 5.41) is 6.36. The van der Waals surface area contributed by atoms with Gasteiger partial charge in [0.15, 0.2) is 0 Å². The molecule has 5 nitrogen and oxygen atoms in total. The molecule has 0 unspecified atom stereocenters. The van der Waals surface area contributed by atoms with Crippen LogP contribution in [0.15, 0.2) is 0 Å². The van der Waals surface area contributed by atoms with Gasteiger partial charge in [-0.2, -0.15) is 0 Å². The number of H-pyrrole nitrogens is 1. The minimum absolute atomic E-state index is 0.0683. The molecule has 0 aromatic carbocycles. The highest BCUT2D eigenvalue weighted by Crippen LogP contribution is 2.04. The zero-order valence-electron chi connectivity index (χ0n) is 7.87. The van der Waals surface area contributed by atoms with E-state index in [1.165, 1.54) is 0 Å². The number of carbonyl (C=O) groups excluding carboxylic acids is 1. The van der Waals surface area contributed by atoms with Gasteiger partial charge in [-0.25, -0.2) is 4.98 Å². The lowest BCUT2D eigenvalue weighted by Gasteiger charge is -1.99. The number of nitrogens with one attached hydrogen (secondary N) is 1. The Bertz CT molecular complexity index is 292. The molecule has 0 spiro atoms. The number of carbonyl (C=O) groups is 1. The molecule has 72 valence electrons. The molecule has 0 aliphatic carbocycles. The Morgan fingerprint density at radius 3 is 2.77 bits per heavy atom. The first-order valence-electron chi connectivity index (χ1n) is 4.30. The van der Waals surface area contributed by atoms with Crippen molar-refractivity contribution >= 4 is 5.91 Å². The topological polar surface area (TPSA) is 84.7 Å². The summed E-state index contributed by atoms with van der Waals surface area (Å²) in [5.74, 6) is 0.815. The van der Waals surface area contributed by atoms with Crippen molar-refractivity contribution < 1.29 is 4.79 Å². The molecule has 5 heteroatoms. The summed E-state index contributed by atoms with van der Waals surface area (Å²) in [4.78, 5) is 14.6. The standard InChI is InChI=1S/C8H14N4O/c1-5(2)3-4-6-10-8(7(9)13)12-11-6/h5H,3-4H2,1-2H3,(H2,9,13)(H,10,11,12). The lowest BCUT2D eigenvalue weighted by molar-refractivity contribution is 0.0991. The summed E-state index contributed by atoms with van der Waals surface area (Å²) in [6.07, 6.45) is 1.82. The Balaban J connectivity index is 2.54. The van der Waals surface area contributed by atoms with E-state index in [0.29, 0.717) is 5.92 Å². The molecule has 0 saturated heterocycles. The molecule has 1 heterocycles. The van der Waals surface area contributed by atoms with Gasteiger partial charge in [0.2, 0.25) is 5.82 Å². The van der Waals surface area contributed by atoms with Gasteiger partial charge in [0.25, 0.3) is 5.91 Å². The highest BCUT2D eigenvalue weighted by molar-refractivity contribution is 5.88. The second kappa shape index (κ2) is 4.02. The molecule has 0 saturated carbocycles. The Morgan fingerprint density at radius 1 is 1.62 bits per heavy atom. The van der Waals surface area contributed by atoms with E-state index in [4.69, 9.17) is 5.73 Å². The third kappa shape index (κ3) is 2.85. The Hall–Kier alpha value is -1.39. The van der Waals surface area contributed by atoms with Crippen LogP contribution in [0.1, 0.15) is 36.7 Å². The van der Waals surface area contributed by atoms with Crippen molar-refractivity contribution in [3.05, 3.63) is 11.6 Å². The van der Waals surface area contributed by atoms with Gasteiger partial charge in [-0.15, -0.1) is 5.10 Å². The molecule has 3 N–H and O–H groups in total. The Morgan fingerprint density at radius 2 is 2.31 bits per heavy atom. The summed E-state index contributed by atoms with van der Waals surface area (Å²) in [6, 6.07) is 0. The Kier molecular flexibility index (Phi) is 3.00. The van der Waals surface area contributed by atoms with Crippen molar-refractivity contribution in [3.8, 4) is 0 Å². The zero-order valence-corrected chi connectivity index (χ0v) is 7.87. The summed E-state index contributed by atoms with van der Waals surface area (Å²) >= 11 is 0. The van der Waals surface area contributed by atoms with Crippen LogP contribution in [0.2, 0.25) is 0 Å². The van der Waals surface area contributed by atoms with Crippen LogP contribution in [-0.4, -0.2) is 21.1 Å². The number of nitrogens with two attached hydrogens (primary N) is 1. The van der Waals surface area contributed by atoms with Crippen molar-refractivity contribution in [2.45, 2.75) is 26.7 Å². The molecule has 1 aromatic heterocycles. The number of aryl methyl sites for hydroxylation is 1. The monoisotopic (exact) mass is 182 g/mol. The zero-order chi connectivity index (χ0) is 9.84. The number of hydrogen-bond acceptors (Lipinski definition) is 3. The second-order valence-corrected chi connectivity index (χ2v) is 3.40. The van der Waals surface area contributed by atoms with E-state index < -0.39 is 5.91 Å². The Labute approximate surface area is 76.7 Å². The molecule has 1 amide bonds. The van der Waals surface area contributed by atoms with Crippen molar-refractivity contribution in [1.82, 2.24) is 15.2 Å². The third-order valence-corrected chi connectivity index (χ3v) is 1.71. The number of hydrogen-bond donors (Lipinski definition) is 2. The smallest absolute Gasteiger partial charge is 0.288 e. The van der Waals surface area contributed by atoms with Crippen LogP contribution in [0, 0.1) is 5.92 Å². The normalized spacial score (nSPS) is 10.7. The summed E-state index contributed by atoms with van der Waals surface area (Å²) in [7, 11) is 0. The van der Waals surface area contributed by atoms with Gasteiger partial charge >= 0.3 is 0 Å². The maximum Gasteiger partial charge on any atom is 0.288 e. The van der Waals surface area contributed by atoms with Gasteiger partial charge in [0.1, 0.15) is 5.82 Å². The van der Waals surface area contributed by atoms with Crippen LogP contribution in [0.3, 0.4) is 0 Å². The van der Waals surface area contributed by atoms with Gasteiger partial charge in [-0.05, 0) is 12.3 Å². The van der Waals surface area contributed by atoms with E-state index >= 15 is 0 Å². The van der Waals surface area contributed by atoms with Crippen LogP contribution in [0.25, 0.3) is 0 Å². The van der Waals surface area contributed by atoms with Crippen LogP contribution >= 0.6 is 0 Å². The third-order valence-electron chi connectivity index (χ3n) is 1.71. The lowest BCUT2D eigenvalue weighted by Crippen LogP contribution is -2.12. The van der Waals surface area contributed by atoms with Gasteiger partial charge in [-0.1, -0.05) is 13.8 Å². The quantitative estimate of drug-likeness (QED) is 0.710. The average Bonchev–Trinajstić information content (AvgIpc) is 2.48. The highest BCUT2D eigenvalue weighted by Gasteiger charge is 2.07.